The maximum Gasteiger partial charge on any atom is 0.258 e. The molecular weight excluding hydrogens is 326 g/mol. The predicted octanol–water partition coefficient (Wildman–Crippen LogP) is 3.47. The van der Waals surface area contributed by atoms with Crippen molar-refractivity contribution in [2.75, 3.05) is 5.32 Å². The molecule has 6 nitrogen and oxygen atoms in total. The summed E-state index contributed by atoms with van der Waals surface area (Å²) in [7, 11) is 0. The summed E-state index contributed by atoms with van der Waals surface area (Å²) in [6, 6.07) is 3.36. The number of aromatic nitrogens is 4. The van der Waals surface area contributed by atoms with Gasteiger partial charge in [-0.05, 0) is 26.0 Å². The number of halogens is 1. The number of nitrogens with zero attached hydrogens (tertiary/aromatic N) is 3. The molecule has 4 rings (SSSR count). The molecule has 0 fully saturated rings. The van der Waals surface area contributed by atoms with Crippen LogP contribution in [-0.4, -0.2) is 25.4 Å². The lowest BCUT2D eigenvalue weighted by Gasteiger charge is -2.32. The third-order valence-corrected chi connectivity index (χ3v) is 4.54. The highest BCUT2D eigenvalue weighted by atomic mass is 35.5. The monoisotopic (exact) mass is 341 g/mol. The SMILES string of the molecule is CC1(C)Cc2[nH]cc(C(=O)Nc3ccc(Cl)nc3)c2-c2nccn21. The van der Waals surface area contributed by atoms with E-state index in [2.05, 4.69) is 38.7 Å². The van der Waals surface area contributed by atoms with E-state index in [1.54, 1.807) is 24.5 Å². The number of anilines is 1. The highest BCUT2D eigenvalue weighted by Crippen LogP contribution is 2.38. The first-order valence-corrected chi connectivity index (χ1v) is 8.01. The van der Waals surface area contributed by atoms with Gasteiger partial charge in [0.05, 0.1) is 23.0 Å². The van der Waals surface area contributed by atoms with Crippen LogP contribution in [0.1, 0.15) is 29.9 Å². The van der Waals surface area contributed by atoms with Gasteiger partial charge in [0.1, 0.15) is 11.0 Å². The quantitative estimate of drug-likeness (QED) is 0.701. The summed E-state index contributed by atoms with van der Waals surface area (Å²) in [5.41, 5.74) is 2.97. The maximum atomic E-state index is 12.7. The molecule has 1 amide bonds. The molecule has 122 valence electrons. The minimum absolute atomic E-state index is 0.0858. The van der Waals surface area contributed by atoms with Crippen molar-refractivity contribution in [2.45, 2.75) is 25.8 Å². The number of carbonyl (C=O) groups is 1. The molecule has 0 bridgehead atoms. The Balaban J connectivity index is 1.72. The fourth-order valence-electron chi connectivity index (χ4n) is 3.18. The summed E-state index contributed by atoms with van der Waals surface area (Å²) in [5, 5.41) is 3.23. The van der Waals surface area contributed by atoms with Gasteiger partial charge in [0, 0.05) is 36.2 Å². The molecule has 24 heavy (non-hydrogen) atoms. The van der Waals surface area contributed by atoms with Crippen LogP contribution in [0.4, 0.5) is 5.69 Å². The third-order valence-electron chi connectivity index (χ3n) is 4.32. The Bertz CT molecular complexity index is 923. The Morgan fingerprint density at radius 3 is 2.96 bits per heavy atom. The summed E-state index contributed by atoms with van der Waals surface area (Å²) < 4.78 is 2.11. The van der Waals surface area contributed by atoms with Crippen molar-refractivity contribution in [1.29, 1.82) is 0 Å². The number of aromatic amines is 1. The second-order valence-corrected chi connectivity index (χ2v) is 6.88. The van der Waals surface area contributed by atoms with Crippen LogP contribution >= 0.6 is 11.6 Å². The average molecular weight is 342 g/mol. The van der Waals surface area contributed by atoms with Gasteiger partial charge in [-0.3, -0.25) is 4.79 Å². The summed E-state index contributed by atoms with van der Waals surface area (Å²) >= 11 is 5.77. The van der Waals surface area contributed by atoms with Crippen molar-refractivity contribution in [2.24, 2.45) is 0 Å². The standard InChI is InChI=1S/C17H16ClN5O/c1-17(2)7-12-14(15-19-5-6-23(15)17)11(9-20-12)16(24)22-10-3-4-13(18)21-8-10/h3-6,8-9,20H,7H2,1-2H3,(H,22,24). The molecule has 0 unspecified atom stereocenters. The number of hydrogen-bond donors (Lipinski definition) is 2. The number of rotatable bonds is 2. The fourth-order valence-corrected chi connectivity index (χ4v) is 3.29. The second-order valence-electron chi connectivity index (χ2n) is 6.49. The smallest absolute Gasteiger partial charge is 0.258 e. The molecule has 0 saturated carbocycles. The molecule has 7 heteroatoms. The second kappa shape index (κ2) is 5.21. The van der Waals surface area contributed by atoms with E-state index < -0.39 is 0 Å². The van der Waals surface area contributed by atoms with E-state index in [9.17, 15) is 4.79 Å². The van der Waals surface area contributed by atoms with Crippen molar-refractivity contribution < 1.29 is 4.79 Å². The minimum Gasteiger partial charge on any atom is -0.364 e. The van der Waals surface area contributed by atoms with Crippen LogP contribution in [-0.2, 0) is 12.0 Å². The van der Waals surface area contributed by atoms with Crippen LogP contribution in [0, 0.1) is 0 Å². The number of amides is 1. The number of H-pyrrole nitrogens is 1. The van der Waals surface area contributed by atoms with Gasteiger partial charge in [-0.2, -0.15) is 0 Å². The number of pyridine rings is 1. The Kier molecular flexibility index (Phi) is 3.25. The number of nitrogens with one attached hydrogen (secondary N) is 2. The van der Waals surface area contributed by atoms with E-state index >= 15 is 0 Å². The summed E-state index contributed by atoms with van der Waals surface area (Å²) in [4.78, 5) is 24.4. The predicted molar refractivity (Wildman–Crippen MR) is 92.2 cm³/mol. The van der Waals surface area contributed by atoms with Gasteiger partial charge in [-0.1, -0.05) is 11.6 Å². The van der Waals surface area contributed by atoms with Crippen molar-refractivity contribution in [3.63, 3.8) is 0 Å². The first kappa shape index (κ1) is 15.0. The van der Waals surface area contributed by atoms with E-state index in [0.29, 0.717) is 16.4 Å². The summed E-state index contributed by atoms with van der Waals surface area (Å²) in [6.45, 7) is 4.31. The van der Waals surface area contributed by atoms with Crippen molar-refractivity contribution in [3.8, 4) is 11.4 Å². The Morgan fingerprint density at radius 2 is 2.21 bits per heavy atom. The zero-order chi connectivity index (χ0) is 16.9. The summed E-state index contributed by atoms with van der Waals surface area (Å²) in [6.07, 6.45) is 7.80. The number of hydrogen-bond acceptors (Lipinski definition) is 3. The third kappa shape index (κ3) is 2.30. The lowest BCUT2D eigenvalue weighted by atomic mass is 9.90. The molecule has 0 saturated heterocycles. The van der Waals surface area contributed by atoms with Crippen molar-refractivity contribution >= 4 is 23.2 Å². The number of carbonyl (C=O) groups excluding carboxylic acids is 1. The highest BCUT2D eigenvalue weighted by Gasteiger charge is 2.34. The van der Waals surface area contributed by atoms with Gasteiger partial charge in [-0.25, -0.2) is 9.97 Å². The van der Waals surface area contributed by atoms with Crippen molar-refractivity contribution in [1.82, 2.24) is 19.5 Å². The molecule has 0 spiro atoms. The Hall–Kier alpha value is -2.60. The van der Waals surface area contributed by atoms with Gasteiger partial charge in [0.25, 0.3) is 5.91 Å². The van der Waals surface area contributed by atoms with Crippen LogP contribution in [0.15, 0.2) is 36.9 Å². The first-order chi connectivity index (χ1) is 11.5. The lowest BCUT2D eigenvalue weighted by Crippen LogP contribution is -2.33. The van der Waals surface area contributed by atoms with Crippen LogP contribution in [0.5, 0.6) is 0 Å². The molecule has 0 aromatic carbocycles. The molecule has 0 radical (unpaired) electrons. The van der Waals surface area contributed by atoms with Gasteiger partial charge in [-0.15, -0.1) is 0 Å². The van der Waals surface area contributed by atoms with Crippen molar-refractivity contribution in [3.05, 3.63) is 53.3 Å². The van der Waals surface area contributed by atoms with E-state index in [1.165, 1.54) is 6.20 Å². The molecule has 1 aliphatic rings. The molecule has 1 aliphatic heterocycles. The molecule has 0 aliphatic carbocycles. The van der Waals surface area contributed by atoms with E-state index in [4.69, 9.17) is 11.6 Å². The number of imidazole rings is 1. The normalized spacial score (nSPS) is 14.8. The summed E-state index contributed by atoms with van der Waals surface area (Å²) in [5.74, 6) is 0.604. The highest BCUT2D eigenvalue weighted by molar-refractivity contribution is 6.29. The van der Waals surface area contributed by atoms with Crippen LogP contribution in [0.25, 0.3) is 11.4 Å². The molecule has 4 heterocycles. The Morgan fingerprint density at radius 1 is 1.38 bits per heavy atom. The van der Waals surface area contributed by atoms with Gasteiger partial charge in [0.2, 0.25) is 0 Å². The van der Waals surface area contributed by atoms with Crippen LogP contribution in [0.2, 0.25) is 5.15 Å². The van der Waals surface area contributed by atoms with E-state index in [0.717, 1.165) is 23.5 Å². The molecule has 3 aromatic rings. The van der Waals surface area contributed by atoms with Crippen LogP contribution < -0.4 is 5.32 Å². The van der Waals surface area contributed by atoms with Crippen LogP contribution in [0.3, 0.4) is 0 Å². The Labute approximate surface area is 143 Å². The minimum atomic E-state index is -0.203. The fraction of sp³-hybridized carbons (Fsp3) is 0.235. The largest absolute Gasteiger partial charge is 0.364 e. The lowest BCUT2D eigenvalue weighted by molar-refractivity contribution is 0.102. The molecule has 3 aromatic heterocycles. The zero-order valence-electron chi connectivity index (χ0n) is 13.3. The zero-order valence-corrected chi connectivity index (χ0v) is 14.1. The average Bonchev–Trinajstić information content (AvgIpc) is 3.15. The molecule has 0 atom stereocenters. The van der Waals surface area contributed by atoms with Gasteiger partial charge < -0.3 is 14.9 Å². The van der Waals surface area contributed by atoms with Gasteiger partial charge in [0.15, 0.2) is 0 Å². The molecule has 2 N–H and O–H groups in total. The maximum absolute atomic E-state index is 12.7. The van der Waals surface area contributed by atoms with E-state index in [1.807, 2.05) is 6.20 Å². The number of fused-ring (bicyclic) bond motifs is 3. The molecular formula is C17H16ClN5O. The van der Waals surface area contributed by atoms with E-state index in [-0.39, 0.29) is 11.4 Å². The topological polar surface area (TPSA) is 75.6 Å². The van der Waals surface area contributed by atoms with Gasteiger partial charge >= 0.3 is 0 Å². The first-order valence-electron chi connectivity index (χ1n) is 7.63.